The van der Waals surface area contributed by atoms with E-state index in [1.54, 1.807) is 7.11 Å². The summed E-state index contributed by atoms with van der Waals surface area (Å²) in [6, 6.07) is 6.24. The largest absolute Gasteiger partial charge is 0.496 e. The molecular formula is C20H35IN4O2. The van der Waals surface area contributed by atoms with Crippen molar-refractivity contribution in [3.63, 3.8) is 0 Å². The van der Waals surface area contributed by atoms with Crippen LogP contribution >= 0.6 is 24.0 Å². The Balaban J connectivity index is 0.00000364. The molecule has 1 saturated heterocycles. The van der Waals surface area contributed by atoms with E-state index < -0.39 is 0 Å². The molecule has 1 aromatic rings. The maximum atomic E-state index is 5.47. The number of morpholine rings is 1. The molecule has 1 aliphatic rings. The van der Waals surface area contributed by atoms with Crippen LogP contribution in [0.5, 0.6) is 5.75 Å². The first-order valence-corrected chi connectivity index (χ1v) is 9.68. The lowest BCUT2D eigenvalue weighted by atomic mass is 10.1. The van der Waals surface area contributed by atoms with Crippen LogP contribution in [-0.2, 0) is 11.3 Å². The van der Waals surface area contributed by atoms with Crippen molar-refractivity contribution < 1.29 is 9.47 Å². The first-order chi connectivity index (χ1) is 12.7. The van der Waals surface area contributed by atoms with Gasteiger partial charge < -0.3 is 20.1 Å². The molecule has 2 N–H and O–H groups in total. The molecule has 1 aromatic carbocycles. The van der Waals surface area contributed by atoms with E-state index >= 15 is 0 Å². The maximum absolute atomic E-state index is 5.47. The van der Waals surface area contributed by atoms with Crippen molar-refractivity contribution >= 4 is 29.9 Å². The van der Waals surface area contributed by atoms with E-state index in [-0.39, 0.29) is 24.0 Å². The number of halogens is 1. The van der Waals surface area contributed by atoms with Crippen molar-refractivity contribution in [2.24, 2.45) is 4.99 Å². The number of hydrogen-bond donors (Lipinski definition) is 2. The van der Waals surface area contributed by atoms with Gasteiger partial charge in [-0.25, -0.2) is 4.99 Å². The van der Waals surface area contributed by atoms with Crippen molar-refractivity contribution in [1.82, 2.24) is 15.5 Å². The number of aliphatic imine (C=N–C) groups is 1. The highest BCUT2D eigenvalue weighted by Gasteiger charge is 2.09. The summed E-state index contributed by atoms with van der Waals surface area (Å²) in [5.41, 5.74) is 2.29. The number of benzene rings is 1. The molecule has 0 radical (unpaired) electrons. The number of methoxy groups -OCH3 is 1. The molecule has 0 spiro atoms. The van der Waals surface area contributed by atoms with Gasteiger partial charge in [0.1, 0.15) is 5.75 Å². The third-order valence-electron chi connectivity index (χ3n) is 4.49. The van der Waals surface area contributed by atoms with E-state index in [1.165, 1.54) is 12.0 Å². The van der Waals surface area contributed by atoms with Gasteiger partial charge in [-0.3, -0.25) is 4.90 Å². The van der Waals surface area contributed by atoms with E-state index in [0.717, 1.165) is 69.6 Å². The Morgan fingerprint density at radius 2 is 2.00 bits per heavy atom. The molecule has 0 bridgehead atoms. The summed E-state index contributed by atoms with van der Waals surface area (Å²) in [5.74, 6) is 1.76. The molecule has 6 nitrogen and oxygen atoms in total. The van der Waals surface area contributed by atoms with Crippen LogP contribution < -0.4 is 15.4 Å². The Labute approximate surface area is 181 Å². The zero-order valence-corrected chi connectivity index (χ0v) is 19.3. The highest BCUT2D eigenvalue weighted by atomic mass is 127. The maximum Gasteiger partial charge on any atom is 0.191 e. The highest BCUT2D eigenvalue weighted by molar-refractivity contribution is 14.0. The molecule has 7 heteroatoms. The number of guanidine groups is 1. The lowest BCUT2D eigenvalue weighted by molar-refractivity contribution is 0.0372. The molecule has 0 aromatic heterocycles. The zero-order valence-electron chi connectivity index (χ0n) is 16.9. The topological polar surface area (TPSA) is 58.1 Å². The van der Waals surface area contributed by atoms with Gasteiger partial charge in [-0.2, -0.15) is 0 Å². The fourth-order valence-corrected chi connectivity index (χ4v) is 2.98. The van der Waals surface area contributed by atoms with Crippen LogP contribution in [0.3, 0.4) is 0 Å². The SMILES string of the molecule is CCNC(=NCc1ccc(C)cc1OC)NCCCCN1CCOCC1.I. The molecule has 0 unspecified atom stereocenters. The van der Waals surface area contributed by atoms with Crippen molar-refractivity contribution in [1.29, 1.82) is 0 Å². The van der Waals surface area contributed by atoms with Gasteiger partial charge in [-0.05, 0) is 44.9 Å². The fraction of sp³-hybridized carbons (Fsp3) is 0.650. The third-order valence-corrected chi connectivity index (χ3v) is 4.49. The standard InChI is InChI=1S/C20H34N4O2.HI/c1-4-21-20(22-9-5-6-10-24-11-13-26-14-12-24)23-16-18-8-7-17(2)15-19(18)25-3;/h7-8,15H,4-6,9-14,16H2,1-3H3,(H2,21,22,23);1H. The molecular weight excluding hydrogens is 455 g/mol. The van der Waals surface area contributed by atoms with Crippen LogP contribution in [0.15, 0.2) is 23.2 Å². The normalized spacial score (nSPS) is 15.1. The number of ether oxygens (including phenoxy) is 2. The zero-order chi connectivity index (χ0) is 18.6. The number of hydrogen-bond acceptors (Lipinski definition) is 4. The first-order valence-electron chi connectivity index (χ1n) is 9.68. The van der Waals surface area contributed by atoms with Crippen LogP contribution in [0, 0.1) is 6.92 Å². The summed E-state index contributed by atoms with van der Waals surface area (Å²) >= 11 is 0. The van der Waals surface area contributed by atoms with Gasteiger partial charge in [0.15, 0.2) is 5.96 Å². The lowest BCUT2D eigenvalue weighted by Gasteiger charge is -2.26. The van der Waals surface area contributed by atoms with Crippen molar-refractivity contribution in [2.75, 3.05) is 53.0 Å². The monoisotopic (exact) mass is 490 g/mol. The minimum absolute atomic E-state index is 0. The molecule has 0 amide bonds. The summed E-state index contributed by atoms with van der Waals surface area (Å²) in [5, 5.41) is 6.75. The minimum Gasteiger partial charge on any atom is -0.496 e. The second kappa shape index (κ2) is 14.0. The van der Waals surface area contributed by atoms with Gasteiger partial charge >= 0.3 is 0 Å². The molecule has 0 aliphatic carbocycles. The summed E-state index contributed by atoms with van der Waals surface area (Å²) < 4.78 is 10.9. The summed E-state index contributed by atoms with van der Waals surface area (Å²) in [4.78, 5) is 7.18. The highest BCUT2D eigenvalue weighted by Crippen LogP contribution is 2.20. The van der Waals surface area contributed by atoms with Gasteiger partial charge in [0.05, 0.1) is 26.9 Å². The number of nitrogens with zero attached hydrogens (tertiary/aromatic N) is 2. The second-order valence-electron chi connectivity index (χ2n) is 6.60. The van der Waals surface area contributed by atoms with Crippen LogP contribution in [0.25, 0.3) is 0 Å². The molecule has 154 valence electrons. The van der Waals surface area contributed by atoms with Gasteiger partial charge in [0.2, 0.25) is 0 Å². The fourth-order valence-electron chi connectivity index (χ4n) is 2.98. The Morgan fingerprint density at radius 3 is 2.70 bits per heavy atom. The molecule has 1 heterocycles. The minimum atomic E-state index is 0. The summed E-state index contributed by atoms with van der Waals surface area (Å²) in [6.07, 6.45) is 2.33. The number of rotatable bonds is 9. The van der Waals surface area contributed by atoms with Crippen molar-refractivity contribution in [2.45, 2.75) is 33.2 Å². The van der Waals surface area contributed by atoms with Gasteiger partial charge in [0.25, 0.3) is 0 Å². The second-order valence-corrected chi connectivity index (χ2v) is 6.60. The molecule has 27 heavy (non-hydrogen) atoms. The third kappa shape index (κ3) is 9.12. The van der Waals surface area contributed by atoms with Crippen molar-refractivity contribution in [3.8, 4) is 5.75 Å². The van der Waals surface area contributed by atoms with E-state index in [4.69, 9.17) is 14.5 Å². The van der Waals surface area contributed by atoms with Crippen LogP contribution in [0.1, 0.15) is 30.9 Å². The summed E-state index contributed by atoms with van der Waals surface area (Å²) in [6.45, 7) is 11.6. The smallest absolute Gasteiger partial charge is 0.191 e. The average Bonchev–Trinajstić information content (AvgIpc) is 2.67. The molecule has 1 fully saturated rings. The predicted octanol–water partition coefficient (Wildman–Crippen LogP) is 2.79. The average molecular weight is 490 g/mol. The summed E-state index contributed by atoms with van der Waals surface area (Å²) in [7, 11) is 1.71. The van der Waals surface area contributed by atoms with E-state index in [9.17, 15) is 0 Å². The molecule has 0 atom stereocenters. The predicted molar refractivity (Wildman–Crippen MR) is 122 cm³/mol. The lowest BCUT2D eigenvalue weighted by Crippen LogP contribution is -2.39. The van der Waals surface area contributed by atoms with E-state index in [1.807, 2.05) is 0 Å². The molecule has 0 saturated carbocycles. The van der Waals surface area contributed by atoms with Crippen molar-refractivity contribution in [3.05, 3.63) is 29.3 Å². The Hall–Kier alpha value is -1.06. The van der Waals surface area contributed by atoms with Gasteiger partial charge in [-0.15, -0.1) is 24.0 Å². The number of nitrogens with one attached hydrogen (secondary N) is 2. The molecule has 2 rings (SSSR count). The quantitative estimate of drug-likeness (QED) is 0.241. The van der Waals surface area contributed by atoms with Gasteiger partial charge in [-0.1, -0.05) is 12.1 Å². The molecule has 1 aliphatic heterocycles. The van der Waals surface area contributed by atoms with E-state index in [2.05, 4.69) is 47.6 Å². The van der Waals surface area contributed by atoms with Crippen LogP contribution in [0.2, 0.25) is 0 Å². The number of unbranched alkanes of at least 4 members (excludes halogenated alkanes) is 1. The van der Waals surface area contributed by atoms with E-state index in [0.29, 0.717) is 6.54 Å². The Bertz CT molecular complexity index is 563. The van der Waals surface area contributed by atoms with Crippen LogP contribution in [0.4, 0.5) is 0 Å². The Morgan fingerprint density at radius 1 is 1.22 bits per heavy atom. The number of aryl methyl sites for hydroxylation is 1. The Kier molecular flexibility index (Phi) is 12.4. The van der Waals surface area contributed by atoms with Crippen LogP contribution in [-0.4, -0.2) is 63.9 Å². The van der Waals surface area contributed by atoms with Gasteiger partial charge in [0, 0.05) is 31.7 Å². The first kappa shape index (κ1) is 24.0.